The Morgan fingerprint density at radius 3 is 2.52 bits per heavy atom. The van der Waals surface area contributed by atoms with E-state index in [9.17, 15) is 4.79 Å². The minimum Gasteiger partial charge on any atom is -0.352 e. The molecule has 2 atom stereocenters. The fourth-order valence-corrected chi connectivity index (χ4v) is 3.09. The molecule has 3 rings (SSSR count). The molecular weight excluding hydrogens is 361 g/mol. The summed E-state index contributed by atoms with van der Waals surface area (Å²) in [7, 11) is 0. The molecule has 138 valence electrons. The maximum absolute atomic E-state index is 12.0. The zero-order valence-corrected chi connectivity index (χ0v) is 15.6. The maximum atomic E-state index is 12.0. The first-order chi connectivity index (χ1) is 11.2. The van der Waals surface area contributed by atoms with Crippen LogP contribution in [0.3, 0.4) is 0 Å². The second-order valence-electron chi connectivity index (χ2n) is 6.25. The van der Waals surface area contributed by atoms with Gasteiger partial charge in [0.15, 0.2) is 0 Å². The first-order valence-electron chi connectivity index (χ1n) is 8.13. The largest absolute Gasteiger partial charge is 0.352 e. The van der Waals surface area contributed by atoms with E-state index in [0.717, 1.165) is 30.4 Å². The summed E-state index contributed by atoms with van der Waals surface area (Å²) in [5, 5.41) is 7.08. The number of halogens is 2. The number of benzene rings is 1. The summed E-state index contributed by atoms with van der Waals surface area (Å²) in [6.07, 6.45) is 7.04. The number of nitrogens with zero attached hydrogens (tertiary/aromatic N) is 3. The van der Waals surface area contributed by atoms with Crippen LogP contribution in [0.5, 0.6) is 0 Å². The Labute approximate surface area is 160 Å². The molecule has 0 saturated heterocycles. The summed E-state index contributed by atoms with van der Waals surface area (Å²) in [4.78, 5) is 15.9. The number of rotatable bonds is 6. The summed E-state index contributed by atoms with van der Waals surface area (Å²) in [6, 6.07) is 8.37. The number of hydrogen-bond acceptors (Lipinski definition) is 4. The number of hydrogen-bond donors (Lipinski definition) is 2. The van der Waals surface area contributed by atoms with Gasteiger partial charge in [-0.15, -0.1) is 24.8 Å². The standard InChI is InChI=1S/C17H23N5O.2ClH/c18-16-3-1-2-15(16)8-17(23)20-9-13-4-6-14(7-5-13)10-22-12-19-11-21-22;;/h4-7,11-12,15-16H,1-3,8-10,18H2,(H,20,23);2*1H/t15-,16+;;/m0../s1. The van der Waals surface area contributed by atoms with E-state index < -0.39 is 0 Å². The van der Waals surface area contributed by atoms with Crippen LogP contribution in [0.4, 0.5) is 0 Å². The second-order valence-corrected chi connectivity index (χ2v) is 6.25. The van der Waals surface area contributed by atoms with Crippen LogP contribution in [0.2, 0.25) is 0 Å². The lowest BCUT2D eigenvalue weighted by Gasteiger charge is -2.14. The Morgan fingerprint density at radius 2 is 1.92 bits per heavy atom. The van der Waals surface area contributed by atoms with Crippen molar-refractivity contribution in [1.82, 2.24) is 20.1 Å². The summed E-state index contributed by atoms with van der Waals surface area (Å²) in [5.41, 5.74) is 8.26. The molecule has 1 aromatic heterocycles. The van der Waals surface area contributed by atoms with Gasteiger partial charge in [0.1, 0.15) is 12.7 Å². The average molecular weight is 386 g/mol. The number of nitrogens with one attached hydrogen (secondary N) is 1. The van der Waals surface area contributed by atoms with Crippen molar-refractivity contribution >= 4 is 30.7 Å². The van der Waals surface area contributed by atoms with Crippen LogP contribution < -0.4 is 11.1 Å². The molecular formula is C17H25Cl2N5O. The van der Waals surface area contributed by atoms with Crippen LogP contribution in [0, 0.1) is 5.92 Å². The van der Waals surface area contributed by atoms with Gasteiger partial charge in [-0.05, 0) is 29.9 Å². The Kier molecular flexibility index (Phi) is 8.89. The van der Waals surface area contributed by atoms with E-state index in [1.165, 1.54) is 6.33 Å². The zero-order valence-electron chi connectivity index (χ0n) is 14.0. The van der Waals surface area contributed by atoms with Gasteiger partial charge in [0.2, 0.25) is 5.91 Å². The van der Waals surface area contributed by atoms with Gasteiger partial charge in [-0.25, -0.2) is 9.67 Å². The van der Waals surface area contributed by atoms with E-state index in [-0.39, 0.29) is 36.8 Å². The van der Waals surface area contributed by atoms with Gasteiger partial charge in [0.05, 0.1) is 6.54 Å². The molecule has 0 radical (unpaired) electrons. The fourth-order valence-electron chi connectivity index (χ4n) is 3.09. The molecule has 6 nitrogen and oxygen atoms in total. The normalized spacial score (nSPS) is 18.9. The Morgan fingerprint density at radius 1 is 1.20 bits per heavy atom. The highest BCUT2D eigenvalue weighted by Crippen LogP contribution is 2.26. The lowest BCUT2D eigenvalue weighted by atomic mass is 10.00. The summed E-state index contributed by atoms with van der Waals surface area (Å²) < 4.78 is 1.78. The molecule has 1 fully saturated rings. The van der Waals surface area contributed by atoms with E-state index in [0.29, 0.717) is 25.4 Å². The van der Waals surface area contributed by atoms with E-state index in [1.807, 2.05) is 12.1 Å². The smallest absolute Gasteiger partial charge is 0.220 e. The molecule has 0 unspecified atom stereocenters. The van der Waals surface area contributed by atoms with E-state index >= 15 is 0 Å². The molecule has 1 aromatic carbocycles. The van der Waals surface area contributed by atoms with Crippen LogP contribution >= 0.6 is 24.8 Å². The highest BCUT2D eigenvalue weighted by Gasteiger charge is 2.25. The predicted molar refractivity (Wildman–Crippen MR) is 102 cm³/mol. The number of aromatic nitrogens is 3. The second kappa shape index (κ2) is 10.4. The molecule has 0 aliphatic heterocycles. The molecule has 0 spiro atoms. The third kappa shape index (κ3) is 6.30. The Hall–Kier alpha value is -1.63. The van der Waals surface area contributed by atoms with Crippen molar-refractivity contribution in [1.29, 1.82) is 0 Å². The molecule has 1 aliphatic rings. The number of carbonyl (C=O) groups excluding carboxylic acids is 1. The molecule has 2 aromatic rings. The molecule has 25 heavy (non-hydrogen) atoms. The van der Waals surface area contributed by atoms with Crippen molar-refractivity contribution in [2.75, 3.05) is 0 Å². The van der Waals surface area contributed by atoms with Crippen molar-refractivity contribution < 1.29 is 4.79 Å². The first kappa shape index (κ1) is 21.4. The third-order valence-corrected chi connectivity index (χ3v) is 4.49. The van der Waals surface area contributed by atoms with Gasteiger partial charge in [-0.3, -0.25) is 4.79 Å². The molecule has 1 heterocycles. The van der Waals surface area contributed by atoms with Crippen molar-refractivity contribution in [3.63, 3.8) is 0 Å². The lowest BCUT2D eigenvalue weighted by molar-refractivity contribution is -0.122. The van der Waals surface area contributed by atoms with Gasteiger partial charge in [-0.1, -0.05) is 30.7 Å². The van der Waals surface area contributed by atoms with Crippen LogP contribution in [0.15, 0.2) is 36.9 Å². The van der Waals surface area contributed by atoms with Crippen LogP contribution in [0.25, 0.3) is 0 Å². The van der Waals surface area contributed by atoms with Crippen molar-refractivity contribution in [3.05, 3.63) is 48.0 Å². The van der Waals surface area contributed by atoms with Gasteiger partial charge in [0, 0.05) is 19.0 Å². The Balaban J connectivity index is 0.00000156. The molecule has 1 saturated carbocycles. The van der Waals surface area contributed by atoms with E-state index in [4.69, 9.17) is 5.73 Å². The van der Waals surface area contributed by atoms with Crippen LogP contribution in [-0.2, 0) is 17.9 Å². The molecule has 3 N–H and O–H groups in total. The molecule has 8 heteroatoms. The lowest BCUT2D eigenvalue weighted by Crippen LogP contribution is -2.31. The number of amides is 1. The average Bonchev–Trinajstić information content (AvgIpc) is 3.19. The summed E-state index contributed by atoms with van der Waals surface area (Å²) in [5.74, 6) is 0.444. The van der Waals surface area contributed by atoms with Gasteiger partial charge in [0.25, 0.3) is 0 Å². The number of nitrogens with two attached hydrogens (primary N) is 1. The van der Waals surface area contributed by atoms with Gasteiger partial charge in [-0.2, -0.15) is 5.10 Å². The monoisotopic (exact) mass is 385 g/mol. The van der Waals surface area contributed by atoms with Crippen molar-refractivity contribution in [2.24, 2.45) is 11.7 Å². The molecule has 1 aliphatic carbocycles. The zero-order chi connectivity index (χ0) is 16.1. The van der Waals surface area contributed by atoms with Crippen molar-refractivity contribution in [3.8, 4) is 0 Å². The first-order valence-corrected chi connectivity index (χ1v) is 8.13. The molecule has 0 bridgehead atoms. The maximum Gasteiger partial charge on any atom is 0.220 e. The highest BCUT2D eigenvalue weighted by atomic mass is 35.5. The number of carbonyl (C=O) groups is 1. The highest BCUT2D eigenvalue weighted by molar-refractivity contribution is 5.85. The van der Waals surface area contributed by atoms with Gasteiger partial charge < -0.3 is 11.1 Å². The van der Waals surface area contributed by atoms with Gasteiger partial charge >= 0.3 is 0 Å². The molecule has 1 amide bonds. The minimum absolute atomic E-state index is 0. The minimum atomic E-state index is 0. The van der Waals surface area contributed by atoms with Crippen LogP contribution in [0.1, 0.15) is 36.8 Å². The van der Waals surface area contributed by atoms with Crippen molar-refractivity contribution in [2.45, 2.75) is 44.8 Å². The quantitative estimate of drug-likeness (QED) is 0.798. The van der Waals surface area contributed by atoms with E-state index in [1.54, 1.807) is 11.0 Å². The SMILES string of the molecule is Cl.Cl.N[C@@H]1CCC[C@H]1CC(=O)NCc1ccc(Cn2cncn2)cc1. The van der Waals surface area contributed by atoms with E-state index in [2.05, 4.69) is 27.5 Å². The fraction of sp³-hybridized carbons (Fsp3) is 0.471. The third-order valence-electron chi connectivity index (χ3n) is 4.49. The predicted octanol–water partition coefficient (Wildman–Crippen LogP) is 2.30. The topological polar surface area (TPSA) is 85.8 Å². The summed E-state index contributed by atoms with van der Waals surface area (Å²) in [6.45, 7) is 1.26. The van der Waals surface area contributed by atoms with Crippen LogP contribution in [-0.4, -0.2) is 26.7 Å². The summed E-state index contributed by atoms with van der Waals surface area (Å²) >= 11 is 0. The Bertz CT molecular complexity index is 633.